The van der Waals surface area contributed by atoms with Gasteiger partial charge in [-0.2, -0.15) is 28.2 Å². The number of rotatable bonds is 18. The summed E-state index contributed by atoms with van der Waals surface area (Å²) in [6, 6.07) is 25.6. The molecule has 0 saturated carbocycles. The number of piperazine rings is 1. The third-order valence-corrected chi connectivity index (χ3v) is 17.2. The van der Waals surface area contributed by atoms with Gasteiger partial charge in [0.25, 0.3) is 0 Å². The highest BCUT2D eigenvalue weighted by atomic mass is 19.4. The molecule has 2 unspecified atom stereocenters. The van der Waals surface area contributed by atoms with Gasteiger partial charge in [0.05, 0.1) is 93.9 Å². The maximum absolute atomic E-state index is 15.5. The summed E-state index contributed by atoms with van der Waals surface area (Å²) in [7, 11) is 6.14. The van der Waals surface area contributed by atoms with Gasteiger partial charge in [-0.25, -0.2) is 29.4 Å². The molecule has 4 aliphatic rings. The molecule has 468 valence electrons. The Balaban J connectivity index is 0.790. The number of hydrogen-bond donors (Lipinski definition) is 2. The average molecular weight is 1230 g/mol. The predicted molar refractivity (Wildman–Crippen MR) is 337 cm³/mol. The summed E-state index contributed by atoms with van der Waals surface area (Å²) in [5.74, 6) is 2.67. The molecule has 0 aliphatic carbocycles. The lowest BCUT2D eigenvalue weighted by Gasteiger charge is -2.38. The molecule has 4 aliphatic heterocycles. The number of urea groups is 2. The minimum Gasteiger partial charge on any atom is -0.497 e. The van der Waals surface area contributed by atoms with Gasteiger partial charge in [0, 0.05) is 93.3 Å². The number of nitrogens with one attached hydrogen (secondary N) is 2. The number of amides is 4. The number of halogens is 3. The molecule has 4 amide bonds. The van der Waals surface area contributed by atoms with Gasteiger partial charge in [0.2, 0.25) is 11.9 Å². The highest BCUT2D eigenvalue weighted by Crippen LogP contribution is 2.46. The smallest absolute Gasteiger partial charge is 0.416 e. The molecule has 2 N–H and O–H groups in total. The first-order valence-electron chi connectivity index (χ1n) is 29.9. The van der Waals surface area contributed by atoms with Crippen LogP contribution in [0.4, 0.5) is 80.4 Å². The molecule has 7 heterocycles. The van der Waals surface area contributed by atoms with Crippen molar-refractivity contribution in [3.63, 3.8) is 0 Å². The summed E-state index contributed by atoms with van der Waals surface area (Å²) in [5, 5.41) is 11.2. The number of likely N-dealkylation sites (N-methyl/N-ethyl adjacent to an activating group) is 1. The van der Waals surface area contributed by atoms with Crippen LogP contribution < -0.4 is 49.2 Å². The van der Waals surface area contributed by atoms with Crippen molar-refractivity contribution in [1.29, 1.82) is 0 Å². The number of alkyl halides is 3. The van der Waals surface area contributed by atoms with Gasteiger partial charge >= 0.3 is 18.2 Å². The lowest BCUT2D eigenvalue weighted by Crippen LogP contribution is -2.46. The van der Waals surface area contributed by atoms with Crippen LogP contribution in [0.2, 0.25) is 0 Å². The predicted octanol–water partition coefficient (Wildman–Crippen LogP) is 12.6. The summed E-state index contributed by atoms with van der Waals surface area (Å²) in [6.07, 6.45) is 3.80. The fraction of sp³-hybridized carbons (Fsp3) is 0.348. The second-order valence-corrected chi connectivity index (χ2v) is 22.8. The third-order valence-electron chi connectivity index (χ3n) is 17.2. The number of ether oxygens (including phenoxy) is 5. The van der Waals surface area contributed by atoms with Crippen LogP contribution in [0.1, 0.15) is 70.3 Å². The highest BCUT2D eigenvalue weighted by molar-refractivity contribution is 6.13. The number of carbonyl (C=O) groups excluding carboxylic acids is 2. The fourth-order valence-corrected chi connectivity index (χ4v) is 12.6. The summed E-state index contributed by atoms with van der Waals surface area (Å²) in [4.78, 5) is 60.3. The summed E-state index contributed by atoms with van der Waals surface area (Å²) in [6.45, 7) is 12.8. The van der Waals surface area contributed by atoms with E-state index < -0.39 is 17.8 Å². The van der Waals surface area contributed by atoms with Crippen LogP contribution in [-0.2, 0) is 37.0 Å². The Hall–Kier alpha value is -9.52. The first kappa shape index (κ1) is 60.8. The number of nitrogens with zero attached hydrogens (tertiary/aromatic N) is 12. The summed E-state index contributed by atoms with van der Waals surface area (Å²) in [5.41, 5.74) is 7.45. The SMILES string of the molecule is CCN1CCN(Cc2ccc(Nc3ncc4c(n3)N(c3ccc(OC)cc3OC)C(=O)N(c3c(C)cccc3CC3CC(n5cc(Nc6ncc7c(n6)N(c6ccc(OC)cc6OC)C(=O)N(c6c(C)cccc6C)C7)cn5)CCO3)C4)cc2C(F)(F)F)CC1. The van der Waals surface area contributed by atoms with E-state index in [4.69, 9.17) is 43.7 Å². The van der Waals surface area contributed by atoms with E-state index in [-0.39, 0.29) is 66.8 Å². The Labute approximate surface area is 519 Å². The van der Waals surface area contributed by atoms with E-state index >= 15 is 4.79 Å². The Bertz CT molecular complexity index is 3970. The number of hydrogen-bond acceptors (Lipinski definition) is 16. The largest absolute Gasteiger partial charge is 0.497 e. The average Bonchev–Trinajstić information content (AvgIpc) is 0.830. The van der Waals surface area contributed by atoms with Gasteiger partial charge in [0.15, 0.2) is 11.6 Å². The summed E-state index contributed by atoms with van der Waals surface area (Å²) >= 11 is 0. The molecule has 0 radical (unpaired) electrons. The van der Waals surface area contributed by atoms with Crippen molar-refractivity contribution in [2.45, 2.75) is 84.9 Å². The number of para-hydroxylation sites is 2. The Morgan fingerprint density at radius 1 is 0.633 bits per heavy atom. The fourth-order valence-electron chi connectivity index (χ4n) is 12.6. The molecule has 3 aromatic heterocycles. The van der Waals surface area contributed by atoms with Crippen molar-refractivity contribution < 1.29 is 46.4 Å². The van der Waals surface area contributed by atoms with Gasteiger partial charge in [-0.1, -0.05) is 49.4 Å². The molecular formula is C66H71F3N14O7. The van der Waals surface area contributed by atoms with E-state index in [1.54, 1.807) is 90.0 Å². The zero-order valence-corrected chi connectivity index (χ0v) is 51.5. The number of benzene rings is 5. The molecule has 0 bridgehead atoms. The third kappa shape index (κ3) is 12.2. The van der Waals surface area contributed by atoms with Crippen LogP contribution in [0.3, 0.4) is 0 Å². The van der Waals surface area contributed by atoms with Gasteiger partial charge in [-0.15, -0.1) is 0 Å². The molecule has 5 aromatic carbocycles. The maximum atomic E-state index is 15.5. The van der Waals surface area contributed by atoms with Crippen LogP contribution >= 0.6 is 0 Å². The van der Waals surface area contributed by atoms with E-state index in [1.165, 1.54) is 25.2 Å². The first-order valence-corrected chi connectivity index (χ1v) is 29.9. The number of carbonyl (C=O) groups is 2. The number of fused-ring (bicyclic) bond motifs is 2. The normalized spacial score (nSPS) is 17.3. The van der Waals surface area contributed by atoms with E-state index in [2.05, 4.69) is 27.4 Å². The molecule has 24 heteroatoms. The molecule has 12 rings (SSSR count). The minimum absolute atomic E-state index is 0.00569. The lowest BCUT2D eigenvalue weighted by atomic mass is 9.95. The Morgan fingerprint density at radius 2 is 1.19 bits per heavy atom. The van der Waals surface area contributed by atoms with Gasteiger partial charge in [0.1, 0.15) is 23.0 Å². The van der Waals surface area contributed by atoms with Crippen LogP contribution in [0.25, 0.3) is 0 Å². The molecule has 2 saturated heterocycles. The number of methoxy groups -OCH3 is 4. The summed E-state index contributed by atoms with van der Waals surface area (Å²) < 4.78 is 75.5. The molecular weight excluding hydrogens is 1160 g/mol. The van der Waals surface area contributed by atoms with Crippen molar-refractivity contribution in [3.8, 4) is 23.0 Å². The second-order valence-electron chi connectivity index (χ2n) is 22.8. The van der Waals surface area contributed by atoms with E-state index in [9.17, 15) is 18.0 Å². The number of anilines is 10. The standard InChI is InChI=1S/C66H71F3N14O7/c1-9-77-23-25-78(26-24-77)36-44-16-17-47(29-53(44)66(67,68)69)73-62-70-34-46-38-80(65(85)83(61(46)75-62)55-21-19-51(87-6)32-57(55)89-8)59-42(4)14-11-15-43(59)28-52-30-49(22-27-90-52)81-39-48(35-72-81)74-63-71-33-45-37-79(58-40(2)12-10-13-41(58)3)64(84)82(60(45)76-63)54-20-18-50(86-5)31-56(54)88-7/h10-21,29,31-35,39,49,52H,9,22-28,30,36-38H2,1-8H3,(H,70,73,75)(H,71,74,76). The number of aryl methyl sites for hydroxylation is 3. The Kier molecular flexibility index (Phi) is 17.2. The lowest BCUT2D eigenvalue weighted by molar-refractivity contribution is -0.138. The molecule has 21 nitrogen and oxygen atoms in total. The highest BCUT2D eigenvalue weighted by Gasteiger charge is 2.41. The van der Waals surface area contributed by atoms with Crippen LogP contribution in [0.15, 0.2) is 116 Å². The van der Waals surface area contributed by atoms with E-state index in [1.807, 2.05) is 72.9 Å². The number of aromatic nitrogens is 6. The van der Waals surface area contributed by atoms with Gasteiger partial charge in [-0.3, -0.25) is 19.4 Å². The minimum atomic E-state index is -4.62. The van der Waals surface area contributed by atoms with Crippen LogP contribution in [-0.4, -0.2) is 125 Å². The van der Waals surface area contributed by atoms with Crippen molar-refractivity contribution in [3.05, 3.63) is 160 Å². The second kappa shape index (κ2) is 25.5. The molecule has 2 atom stereocenters. The molecule has 8 aromatic rings. The topological polar surface area (TPSA) is 193 Å². The molecule has 90 heavy (non-hydrogen) atoms. The molecule has 0 spiro atoms. The van der Waals surface area contributed by atoms with Crippen LogP contribution in [0.5, 0.6) is 23.0 Å². The first-order chi connectivity index (χ1) is 43.5. The van der Waals surface area contributed by atoms with Gasteiger partial charge in [-0.05, 0) is 104 Å². The van der Waals surface area contributed by atoms with E-state index in [0.29, 0.717) is 96.1 Å². The van der Waals surface area contributed by atoms with Crippen LogP contribution in [0, 0.1) is 20.8 Å². The maximum Gasteiger partial charge on any atom is 0.416 e. The van der Waals surface area contributed by atoms with Crippen molar-refractivity contribution >= 4 is 69.7 Å². The van der Waals surface area contributed by atoms with Crippen molar-refractivity contribution in [1.82, 2.24) is 39.5 Å². The quantitative estimate of drug-likeness (QED) is 0.0823. The zero-order chi connectivity index (χ0) is 63.0. The van der Waals surface area contributed by atoms with Gasteiger partial charge < -0.3 is 39.2 Å². The van der Waals surface area contributed by atoms with Crippen molar-refractivity contribution in [2.75, 3.05) is 98.0 Å². The zero-order valence-electron chi connectivity index (χ0n) is 51.5. The monoisotopic (exact) mass is 1230 g/mol. The molecule has 2 fully saturated rings. The Morgan fingerprint density at radius 3 is 1.76 bits per heavy atom. The van der Waals surface area contributed by atoms with E-state index in [0.717, 1.165) is 59.2 Å². The van der Waals surface area contributed by atoms with Crippen molar-refractivity contribution in [2.24, 2.45) is 0 Å².